The Morgan fingerprint density at radius 2 is 2.55 bits per heavy atom. The zero-order valence-corrected chi connectivity index (χ0v) is 7.73. The van der Waals surface area contributed by atoms with Crippen molar-refractivity contribution in [1.82, 2.24) is 5.32 Å². The molecule has 2 atom stereocenters. The van der Waals surface area contributed by atoms with E-state index in [1.165, 1.54) is 6.42 Å². The maximum absolute atomic E-state index is 5.77. The minimum atomic E-state index is 0.234. The number of alkyl halides is 1. The largest absolute Gasteiger partial charge is 0.381 e. The van der Waals surface area contributed by atoms with Crippen LogP contribution in [0, 0.1) is 5.92 Å². The molecule has 66 valence electrons. The summed E-state index contributed by atoms with van der Waals surface area (Å²) in [7, 11) is 0. The number of halogens is 1. The first kappa shape index (κ1) is 9.30. The van der Waals surface area contributed by atoms with Gasteiger partial charge in [-0.05, 0) is 19.3 Å². The van der Waals surface area contributed by atoms with Gasteiger partial charge in [-0.1, -0.05) is 0 Å². The van der Waals surface area contributed by atoms with Gasteiger partial charge in [-0.25, -0.2) is 0 Å². The summed E-state index contributed by atoms with van der Waals surface area (Å²) in [5.41, 5.74) is 0. The molecule has 1 N–H and O–H groups in total. The predicted octanol–water partition coefficient (Wildman–Crippen LogP) is 1.24. The molecule has 2 unspecified atom stereocenters. The Kier molecular flexibility index (Phi) is 4.20. The van der Waals surface area contributed by atoms with Crippen molar-refractivity contribution < 1.29 is 4.74 Å². The number of hydrogen-bond acceptors (Lipinski definition) is 2. The minimum absolute atomic E-state index is 0.234. The monoisotopic (exact) mass is 177 g/mol. The Hall–Kier alpha value is 0.210. The molecule has 2 nitrogen and oxygen atoms in total. The van der Waals surface area contributed by atoms with E-state index in [2.05, 4.69) is 5.32 Å². The zero-order chi connectivity index (χ0) is 8.10. The lowest BCUT2D eigenvalue weighted by molar-refractivity contribution is 0.185. The summed E-state index contributed by atoms with van der Waals surface area (Å²) < 4.78 is 5.24. The smallest absolute Gasteiger partial charge is 0.0507 e. The highest BCUT2D eigenvalue weighted by Gasteiger charge is 2.14. The van der Waals surface area contributed by atoms with Gasteiger partial charge in [-0.15, -0.1) is 11.6 Å². The summed E-state index contributed by atoms with van der Waals surface area (Å²) in [6.45, 7) is 5.81. The third-order valence-electron chi connectivity index (χ3n) is 1.88. The summed E-state index contributed by atoms with van der Waals surface area (Å²) in [6, 6.07) is 0. The van der Waals surface area contributed by atoms with Gasteiger partial charge in [0.25, 0.3) is 0 Å². The molecular formula is C8H16ClNO. The quantitative estimate of drug-likeness (QED) is 0.653. The van der Waals surface area contributed by atoms with E-state index in [1.807, 2.05) is 6.92 Å². The van der Waals surface area contributed by atoms with E-state index in [9.17, 15) is 0 Å². The molecule has 1 aliphatic rings. The van der Waals surface area contributed by atoms with Gasteiger partial charge < -0.3 is 10.1 Å². The van der Waals surface area contributed by atoms with Gasteiger partial charge in [0, 0.05) is 25.1 Å². The van der Waals surface area contributed by atoms with Gasteiger partial charge in [-0.3, -0.25) is 0 Å². The Morgan fingerprint density at radius 3 is 3.09 bits per heavy atom. The van der Waals surface area contributed by atoms with Gasteiger partial charge in [0.1, 0.15) is 0 Å². The van der Waals surface area contributed by atoms with Gasteiger partial charge in [0.2, 0.25) is 0 Å². The molecule has 1 aliphatic heterocycles. The van der Waals surface area contributed by atoms with Crippen LogP contribution in [0.2, 0.25) is 0 Å². The molecule has 0 saturated carbocycles. The van der Waals surface area contributed by atoms with Crippen molar-refractivity contribution in [3.05, 3.63) is 0 Å². The Labute approximate surface area is 73.3 Å². The second-order valence-corrected chi connectivity index (χ2v) is 3.91. The van der Waals surface area contributed by atoms with Crippen LogP contribution in [0.25, 0.3) is 0 Å². The van der Waals surface area contributed by atoms with Crippen molar-refractivity contribution in [3.63, 3.8) is 0 Å². The summed E-state index contributed by atoms with van der Waals surface area (Å²) in [5.74, 6) is 0.713. The minimum Gasteiger partial charge on any atom is -0.381 e. The Balaban J connectivity index is 1.94. The lowest BCUT2D eigenvalue weighted by atomic mass is 10.1. The van der Waals surface area contributed by atoms with Crippen LogP contribution in [-0.2, 0) is 4.74 Å². The molecule has 0 aliphatic carbocycles. The molecule has 1 rings (SSSR count). The van der Waals surface area contributed by atoms with E-state index < -0.39 is 0 Å². The SMILES string of the molecule is CC(Cl)CNCC1CCOC1. The molecule has 0 aromatic heterocycles. The van der Waals surface area contributed by atoms with Gasteiger partial charge in [0.05, 0.1) is 6.61 Å². The van der Waals surface area contributed by atoms with Crippen LogP contribution in [-0.4, -0.2) is 31.7 Å². The highest BCUT2D eigenvalue weighted by Crippen LogP contribution is 2.10. The third kappa shape index (κ3) is 3.94. The average molecular weight is 178 g/mol. The third-order valence-corrected chi connectivity index (χ3v) is 2.04. The second-order valence-electron chi connectivity index (χ2n) is 3.17. The standard InChI is InChI=1S/C8H16ClNO/c1-7(9)4-10-5-8-2-3-11-6-8/h7-8,10H,2-6H2,1H3. The van der Waals surface area contributed by atoms with Crippen molar-refractivity contribution in [3.8, 4) is 0 Å². The molecule has 0 aromatic rings. The fraction of sp³-hybridized carbons (Fsp3) is 1.00. The van der Waals surface area contributed by atoms with E-state index in [0.29, 0.717) is 5.92 Å². The normalized spacial score (nSPS) is 27.3. The number of nitrogens with one attached hydrogen (secondary N) is 1. The second kappa shape index (κ2) is 4.96. The summed E-state index contributed by atoms with van der Waals surface area (Å²) in [4.78, 5) is 0. The van der Waals surface area contributed by atoms with Crippen LogP contribution < -0.4 is 5.32 Å². The average Bonchev–Trinajstić information content (AvgIpc) is 2.39. The van der Waals surface area contributed by atoms with E-state index in [1.54, 1.807) is 0 Å². The molecule has 0 spiro atoms. The van der Waals surface area contributed by atoms with E-state index in [-0.39, 0.29) is 5.38 Å². The molecule has 11 heavy (non-hydrogen) atoms. The van der Waals surface area contributed by atoms with Crippen molar-refractivity contribution >= 4 is 11.6 Å². The van der Waals surface area contributed by atoms with Crippen LogP contribution in [0.5, 0.6) is 0 Å². The molecule has 1 heterocycles. The van der Waals surface area contributed by atoms with Crippen LogP contribution in [0.3, 0.4) is 0 Å². The van der Waals surface area contributed by atoms with Crippen molar-refractivity contribution in [2.24, 2.45) is 5.92 Å². The predicted molar refractivity (Wildman–Crippen MR) is 47.1 cm³/mol. The van der Waals surface area contributed by atoms with E-state index in [0.717, 1.165) is 26.3 Å². The Morgan fingerprint density at radius 1 is 1.73 bits per heavy atom. The highest BCUT2D eigenvalue weighted by atomic mass is 35.5. The topological polar surface area (TPSA) is 21.3 Å². The zero-order valence-electron chi connectivity index (χ0n) is 6.98. The molecule has 0 amide bonds. The first-order valence-electron chi connectivity index (χ1n) is 4.21. The molecule has 0 radical (unpaired) electrons. The number of hydrogen-bond donors (Lipinski definition) is 1. The van der Waals surface area contributed by atoms with E-state index >= 15 is 0 Å². The number of rotatable bonds is 4. The lowest BCUT2D eigenvalue weighted by Crippen LogP contribution is -2.27. The van der Waals surface area contributed by atoms with Gasteiger partial charge in [-0.2, -0.15) is 0 Å². The lowest BCUT2D eigenvalue weighted by Gasteiger charge is -2.09. The molecule has 1 saturated heterocycles. The van der Waals surface area contributed by atoms with Gasteiger partial charge >= 0.3 is 0 Å². The molecule has 0 bridgehead atoms. The van der Waals surface area contributed by atoms with Crippen LogP contribution in [0.15, 0.2) is 0 Å². The Bertz CT molecular complexity index is 102. The maximum Gasteiger partial charge on any atom is 0.0507 e. The fourth-order valence-electron chi connectivity index (χ4n) is 1.23. The van der Waals surface area contributed by atoms with Crippen molar-refractivity contribution in [1.29, 1.82) is 0 Å². The van der Waals surface area contributed by atoms with Crippen molar-refractivity contribution in [2.45, 2.75) is 18.7 Å². The molecule has 3 heteroatoms. The van der Waals surface area contributed by atoms with E-state index in [4.69, 9.17) is 16.3 Å². The first-order chi connectivity index (χ1) is 5.29. The summed E-state index contributed by atoms with van der Waals surface area (Å²) >= 11 is 5.77. The molecular weight excluding hydrogens is 162 g/mol. The summed E-state index contributed by atoms with van der Waals surface area (Å²) in [5, 5.41) is 3.55. The number of ether oxygens (including phenoxy) is 1. The fourth-order valence-corrected chi connectivity index (χ4v) is 1.34. The van der Waals surface area contributed by atoms with Crippen LogP contribution in [0.1, 0.15) is 13.3 Å². The molecule has 0 aromatic carbocycles. The maximum atomic E-state index is 5.77. The highest BCUT2D eigenvalue weighted by molar-refractivity contribution is 6.20. The summed E-state index contributed by atoms with van der Waals surface area (Å²) in [6.07, 6.45) is 1.20. The van der Waals surface area contributed by atoms with Crippen molar-refractivity contribution in [2.75, 3.05) is 26.3 Å². The van der Waals surface area contributed by atoms with Crippen LogP contribution in [0.4, 0.5) is 0 Å². The van der Waals surface area contributed by atoms with Crippen LogP contribution >= 0.6 is 11.6 Å². The first-order valence-corrected chi connectivity index (χ1v) is 4.65. The van der Waals surface area contributed by atoms with Gasteiger partial charge in [0.15, 0.2) is 0 Å². The molecule has 1 fully saturated rings.